The minimum Gasteiger partial charge on any atom is -0.451 e. The maximum atomic E-state index is 12.3. The van der Waals surface area contributed by atoms with E-state index in [1.54, 1.807) is 19.1 Å². The third-order valence-corrected chi connectivity index (χ3v) is 4.43. The Kier molecular flexibility index (Phi) is 5.13. The smallest absolute Gasteiger partial charge is 0.446 e. The maximum Gasteiger partial charge on any atom is 0.446 e. The van der Waals surface area contributed by atoms with Gasteiger partial charge in [-0.25, -0.2) is 0 Å². The normalized spacial score (nSPS) is 11.4. The molecule has 27 heavy (non-hydrogen) atoms. The highest BCUT2D eigenvalue weighted by molar-refractivity contribution is 8.00. The standard InChI is InChI=1S/C18H13F3N2O3S/c1-10-13-4-2-3-5-14(13)26-15(10)17(25)23-22-16(24)11-6-8-12(9-7-11)27-18(19,20)21/h2-9H,1H3,(H,22,24)(H,23,25). The minimum absolute atomic E-state index is 0.0408. The Morgan fingerprint density at radius 2 is 1.59 bits per heavy atom. The van der Waals surface area contributed by atoms with Crippen LogP contribution in [0, 0.1) is 6.92 Å². The number of hydrazine groups is 1. The number of alkyl halides is 3. The number of hydrogen-bond acceptors (Lipinski definition) is 4. The second kappa shape index (κ2) is 7.36. The van der Waals surface area contributed by atoms with Gasteiger partial charge in [-0.3, -0.25) is 20.4 Å². The Balaban J connectivity index is 1.64. The van der Waals surface area contributed by atoms with Crippen molar-refractivity contribution in [2.45, 2.75) is 17.3 Å². The van der Waals surface area contributed by atoms with Gasteiger partial charge in [0, 0.05) is 21.4 Å². The SMILES string of the molecule is Cc1c(C(=O)NNC(=O)c2ccc(SC(F)(F)F)cc2)oc2ccccc12. The molecule has 0 aliphatic rings. The lowest BCUT2D eigenvalue weighted by molar-refractivity contribution is -0.0328. The quantitative estimate of drug-likeness (QED) is 0.509. The Morgan fingerprint density at radius 3 is 2.22 bits per heavy atom. The molecular weight excluding hydrogens is 381 g/mol. The highest BCUT2D eigenvalue weighted by Gasteiger charge is 2.29. The first-order chi connectivity index (χ1) is 12.7. The largest absolute Gasteiger partial charge is 0.451 e. The van der Waals surface area contributed by atoms with Gasteiger partial charge in [0.05, 0.1) is 0 Å². The summed E-state index contributed by atoms with van der Waals surface area (Å²) in [5.74, 6) is -1.24. The zero-order chi connectivity index (χ0) is 19.6. The van der Waals surface area contributed by atoms with E-state index in [1.807, 2.05) is 12.1 Å². The van der Waals surface area contributed by atoms with Crippen LogP contribution in [0.3, 0.4) is 0 Å². The third-order valence-electron chi connectivity index (χ3n) is 3.69. The number of carbonyl (C=O) groups is 2. The van der Waals surface area contributed by atoms with Crippen molar-refractivity contribution in [3.63, 3.8) is 0 Å². The van der Waals surface area contributed by atoms with Crippen molar-refractivity contribution >= 4 is 34.5 Å². The number of para-hydroxylation sites is 1. The molecule has 5 nitrogen and oxygen atoms in total. The summed E-state index contributed by atoms with van der Waals surface area (Å²) in [7, 11) is 0. The molecule has 0 spiro atoms. The van der Waals surface area contributed by atoms with E-state index in [1.165, 1.54) is 24.3 Å². The lowest BCUT2D eigenvalue weighted by Gasteiger charge is -2.08. The van der Waals surface area contributed by atoms with E-state index < -0.39 is 17.3 Å². The van der Waals surface area contributed by atoms with Crippen molar-refractivity contribution in [1.29, 1.82) is 0 Å². The molecule has 0 saturated heterocycles. The molecule has 0 aliphatic heterocycles. The number of nitrogens with one attached hydrogen (secondary N) is 2. The molecule has 0 aliphatic carbocycles. The molecule has 0 unspecified atom stereocenters. The van der Waals surface area contributed by atoms with E-state index >= 15 is 0 Å². The molecule has 2 amide bonds. The predicted molar refractivity (Wildman–Crippen MR) is 94.2 cm³/mol. The number of aryl methyl sites for hydroxylation is 1. The van der Waals surface area contributed by atoms with Crippen LogP contribution < -0.4 is 10.9 Å². The van der Waals surface area contributed by atoms with E-state index in [-0.39, 0.29) is 28.0 Å². The first-order valence-corrected chi connectivity index (χ1v) is 8.51. The summed E-state index contributed by atoms with van der Waals surface area (Å²) in [6, 6.07) is 12.0. The van der Waals surface area contributed by atoms with E-state index in [9.17, 15) is 22.8 Å². The number of fused-ring (bicyclic) bond motifs is 1. The molecule has 3 aromatic rings. The predicted octanol–water partition coefficient (Wildman–Crippen LogP) is 4.43. The Labute approximate surface area is 155 Å². The molecule has 3 rings (SSSR count). The van der Waals surface area contributed by atoms with Gasteiger partial charge in [0.25, 0.3) is 5.91 Å². The molecule has 0 saturated carbocycles. The third kappa shape index (κ3) is 4.43. The van der Waals surface area contributed by atoms with Gasteiger partial charge in [-0.05, 0) is 49.0 Å². The summed E-state index contributed by atoms with van der Waals surface area (Å²) in [6.07, 6.45) is 0. The van der Waals surface area contributed by atoms with Crippen molar-refractivity contribution < 1.29 is 27.2 Å². The molecule has 2 aromatic carbocycles. The number of halogens is 3. The topological polar surface area (TPSA) is 71.3 Å². The van der Waals surface area contributed by atoms with Gasteiger partial charge < -0.3 is 4.42 Å². The number of thioether (sulfide) groups is 1. The van der Waals surface area contributed by atoms with Gasteiger partial charge in [-0.1, -0.05) is 18.2 Å². The van der Waals surface area contributed by atoms with Crippen molar-refractivity contribution in [2.24, 2.45) is 0 Å². The average molecular weight is 394 g/mol. The Hall–Kier alpha value is -2.94. The zero-order valence-corrected chi connectivity index (χ0v) is 14.7. The summed E-state index contributed by atoms with van der Waals surface area (Å²) in [5.41, 5.74) is 1.32. The van der Waals surface area contributed by atoms with Gasteiger partial charge in [0.1, 0.15) is 5.58 Å². The zero-order valence-electron chi connectivity index (χ0n) is 13.9. The van der Waals surface area contributed by atoms with E-state index in [0.717, 1.165) is 5.39 Å². The van der Waals surface area contributed by atoms with Crippen LogP contribution in [0.2, 0.25) is 0 Å². The number of furan rings is 1. The maximum absolute atomic E-state index is 12.3. The molecule has 0 radical (unpaired) electrons. The lowest BCUT2D eigenvalue weighted by atomic mass is 10.1. The number of hydrogen-bond donors (Lipinski definition) is 2. The lowest BCUT2D eigenvalue weighted by Crippen LogP contribution is -2.41. The number of rotatable bonds is 3. The molecule has 2 N–H and O–H groups in total. The van der Waals surface area contributed by atoms with Crippen molar-refractivity contribution in [3.05, 3.63) is 65.4 Å². The van der Waals surface area contributed by atoms with Crippen molar-refractivity contribution in [2.75, 3.05) is 0 Å². The first-order valence-electron chi connectivity index (χ1n) is 7.69. The van der Waals surface area contributed by atoms with Gasteiger partial charge in [0.15, 0.2) is 5.76 Å². The molecule has 0 bridgehead atoms. The summed E-state index contributed by atoms with van der Waals surface area (Å²) in [5, 5.41) is 0.784. The summed E-state index contributed by atoms with van der Waals surface area (Å²) in [4.78, 5) is 24.2. The molecule has 1 heterocycles. The van der Waals surface area contributed by atoms with Crippen LogP contribution >= 0.6 is 11.8 Å². The summed E-state index contributed by atoms with van der Waals surface area (Å²) < 4.78 is 42.4. The highest BCUT2D eigenvalue weighted by Crippen LogP contribution is 2.36. The van der Waals surface area contributed by atoms with Crippen LogP contribution in [0.25, 0.3) is 11.0 Å². The van der Waals surface area contributed by atoms with Crippen LogP contribution in [0.15, 0.2) is 57.8 Å². The minimum atomic E-state index is -4.40. The van der Waals surface area contributed by atoms with E-state index in [4.69, 9.17) is 4.42 Å². The number of carbonyl (C=O) groups excluding carboxylic acids is 2. The second-order valence-corrected chi connectivity index (χ2v) is 6.67. The summed E-state index contributed by atoms with van der Waals surface area (Å²) in [6.45, 7) is 1.72. The van der Waals surface area contributed by atoms with Crippen molar-refractivity contribution in [3.8, 4) is 0 Å². The number of benzene rings is 2. The van der Waals surface area contributed by atoms with Crippen LogP contribution in [0.1, 0.15) is 26.5 Å². The molecule has 1 aromatic heterocycles. The van der Waals surface area contributed by atoms with Gasteiger partial charge in [-0.2, -0.15) is 13.2 Å². The van der Waals surface area contributed by atoms with Crippen LogP contribution in [0.5, 0.6) is 0 Å². The monoisotopic (exact) mass is 394 g/mol. The van der Waals surface area contributed by atoms with Crippen LogP contribution in [0.4, 0.5) is 13.2 Å². The van der Waals surface area contributed by atoms with Gasteiger partial charge in [0.2, 0.25) is 0 Å². The van der Waals surface area contributed by atoms with Gasteiger partial charge >= 0.3 is 11.4 Å². The Morgan fingerprint density at radius 1 is 0.963 bits per heavy atom. The molecule has 0 fully saturated rings. The molecule has 140 valence electrons. The fourth-order valence-electron chi connectivity index (χ4n) is 2.44. The molecule has 9 heteroatoms. The summed E-state index contributed by atoms with van der Waals surface area (Å²) >= 11 is -0.274. The number of amides is 2. The molecule has 0 atom stereocenters. The second-order valence-electron chi connectivity index (χ2n) is 5.53. The van der Waals surface area contributed by atoms with Crippen molar-refractivity contribution in [1.82, 2.24) is 10.9 Å². The Bertz CT molecular complexity index is 997. The molecular formula is C18H13F3N2O3S. The first kappa shape index (κ1) is 18.8. The van der Waals surface area contributed by atoms with Gasteiger partial charge in [-0.15, -0.1) is 0 Å². The van der Waals surface area contributed by atoms with E-state index in [0.29, 0.717) is 11.1 Å². The fourth-order valence-corrected chi connectivity index (χ4v) is 2.98. The van der Waals surface area contributed by atoms with Crippen LogP contribution in [-0.4, -0.2) is 17.3 Å². The highest BCUT2D eigenvalue weighted by atomic mass is 32.2. The van der Waals surface area contributed by atoms with Crippen LogP contribution in [-0.2, 0) is 0 Å². The van der Waals surface area contributed by atoms with E-state index in [2.05, 4.69) is 10.9 Å². The fraction of sp³-hybridized carbons (Fsp3) is 0.111. The average Bonchev–Trinajstić information content (AvgIpc) is 2.96.